The maximum Gasteiger partial charge on any atom is 0.137 e. The van der Waals surface area contributed by atoms with Gasteiger partial charge in [-0.2, -0.15) is 0 Å². The van der Waals surface area contributed by atoms with Gasteiger partial charge in [-0.3, -0.25) is 0 Å². The molecule has 0 saturated carbocycles. The lowest BCUT2D eigenvalue weighted by Gasteiger charge is -2.21. The Hall–Kier alpha value is -3.65. The number of benzene rings is 3. The van der Waals surface area contributed by atoms with E-state index in [0.717, 1.165) is 5.82 Å². The van der Waals surface area contributed by atoms with Crippen molar-refractivity contribution in [2.45, 2.75) is 19.3 Å². The van der Waals surface area contributed by atoms with Gasteiger partial charge in [0.05, 0.1) is 5.52 Å². The van der Waals surface area contributed by atoms with Crippen LogP contribution in [0.3, 0.4) is 0 Å². The number of aromatic nitrogens is 2. The van der Waals surface area contributed by atoms with Crippen molar-refractivity contribution in [3.8, 4) is 28.1 Å². The van der Waals surface area contributed by atoms with E-state index >= 15 is 0 Å². The van der Waals surface area contributed by atoms with E-state index in [1.54, 1.807) is 0 Å². The predicted molar refractivity (Wildman–Crippen MR) is 124 cm³/mol. The number of pyridine rings is 1. The first-order valence-corrected chi connectivity index (χ1v) is 10.4. The summed E-state index contributed by atoms with van der Waals surface area (Å²) in [4.78, 5) is 4.69. The molecule has 0 unspecified atom stereocenters. The molecule has 0 spiro atoms. The first-order valence-electron chi connectivity index (χ1n) is 10.4. The van der Waals surface area contributed by atoms with Crippen molar-refractivity contribution >= 4 is 10.9 Å². The smallest absolute Gasteiger partial charge is 0.137 e. The molecular weight excluding hydrogens is 364 g/mol. The van der Waals surface area contributed by atoms with E-state index in [2.05, 4.69) is 108 Å². The molecule has 0 radical (unpaired) electrons. The standard InChI is InChI=1S/C28H22N2/c1-28(2)23-11-7-6-10-21(23)27-22-15-17-30(25(22)13-12-24(27)28)26-18-20(14-16-29-26)19-8-4-3-5-9-19/h3-18H,1-2H3. The normalized spacial score (nSPS) is 13.9. The second-order valence-corrected chi connectivity index (χ2v) is 8.55. The molecule has 30 heavy (non-hydrogen) atoms. The highest BCUT2D eigenvalue weighted by molar-refractivity contribution is 6.02. The minimum Gasteiger partial charge on any atom is -0.301 e. The Morgan fingerprint density at radius 1 is 0.733 bits per heavy atom. The van der Waals surface area contributed by atoms with Gasteiger partial charge in [-0.15, -0.1) is 0 Å². The Morgan fingerprint density at radius 2 is 1.53 bits per heavy atom. The van der Waals surface area contributed by atoms with Crippen molar-refractivity contribution in [1.82, 2.24) is 9.55 Å². The third-order valence-corrected chi connectivity index (χ3v) is 6.51. The molecule has 1 aliphatic rings. The van der Waals surface area contributed by atoms with Crippen LogP contribution in [0.25, 0.3) is 39.0 Å². The van der Waals surface area contributed by atoms with Gasteiger partial charge in [-0.05, 0) is 57.6 Å². The number of rotatable bonds is 2. The van der Waals surface area contributed by atoms with Crippen molar-refractivity contribution < 1.29 is 0 Å². The van der Waals surface area contributed by atoms with Crippen molar-refractivity contribution in [3.05, 3.63) is 108 Å². The first-order chi connectivity index (χ1) is 14.6. The Bertz CT molecular complexity index is 1410. The Morgan fingerprint density at radius 3 is 2.40 bits per heavy atom. The van der Waals surface area contributed by atoms with Crippen molar-refractivity contribution in [2.24, 2.45) is 0 Å². The van der Waals surface area contributed by atoms with Crippen LogP contribution in [-0.2, 0) is 5.41 Å². The van der Waals surface area contributed by atoms with Crippen LogP contribution in [0, 0.1) is 0 Å². The quantitative estimate of drug-likeness (QED) is 0.319. The van der Waals surface area contributed by atoms with E-state index in [0.29, 0.717) is 0 Å². The molecule has 1 aliphatic carbocycles. The summed E-state index contributed by atoms with van der Waals surface area (Å²) in [5, 5.41) is 1.29. The second-order valence-electron chi connectivity index (χ2n) is 8.55. The van der Waals surface area contributed by atoms with E-state index in [-0.39, 0.29) is 5.41 Å². The van der Waals surface area contributed by atoms with Gasteiger partial charge in [0.1, 0.15) is 5.82 Å². The van der Waals surface area contributed by atoms with Gasteiger partial charge >= 0.3 is 0 Å². The van der Waals surface area contributed by atoms with Crippen LogP contribution < -0.4 is 0 Å². The van der Waals surface area contributed by atoms with Gasteiger partial charge < -0.3 is 4.57 Å². The molecule has 0 atom stereocenters. The summed E-state index contributed by atoms with van der Waals surface area (Å²) in [5.41, 5.74) is 9.12. The maximum absolute atomic E-state index is 4.69. The fraction of sp³-hybridized carbons (Fsp3) is 0.107. The molecule has 0 aliphatic heterocycles. The molecule has 2 heterocycles. The lowest BCUT2D eigenvalue weighted by Crippen LogP contribution is -2.14. The Kier molecular flexibility index (Phi) is 3.54. The zero-order chi connectivity index (χ0) is 20.3. The highest BCUT2D eigenvalue weighted by Crippen LogP contribution is 2.51. The molecule has 0 saturated heterocycles. The van der Waals surface area contributed by atoms with Gasteiger partial charge in [0.25, 0.3) is 0 Å². The fourth-order valence-corrected chi connectivity index (χ4v) is 4.98. The molecule has 5 aromatic rings. The molecule has 0 bridgehead atoms. The summed E-state index contributed by atoms with van der Waals surface area (Å²) in [5.74, 6) is 0.942. The molecule has 2 aromatic heterocycles. The third kappa shape index (κ3) is 2.34. The van der Waals surface area contributed by atoms with Crippen molar-refractivity contribution in [3.63, 3.8) is 0 Å². The average Bonchev–Trinajstić information content (AvgIpc) is 3.32. The predicted octanol–water partition coefficient (Wildman–Crippen LogP) is 7.00. The van der Waals surface area contributed by atoms with Crippen LogP contribution in [0.4, 0.5) is 0 Å². The minimum absolute atomic E-state index is 0.0215. The monoisotopic (exact) mass is 386 g/mol. The van der Waals surface area contributed by atoms with E-state index in [1.807, 2.05) is 12.3 Å². The zero-order valence-electron chi connectivity index (χ0n) is 17.1. The van der Waals surface area contributed by atoms with Crippen molar-refractivity contribution in [2.75, 3.05) is 0 Å². The van der Waals surface area contributed by atoms with E-state index < -0.39 is 0 Å². The topological polar surface area (TPSA) is 17.8 Å². The number of hydrogen-bond acceptors (Lipinski definition) is 1. The van der Waals surface area contributed by atoms with Crippen LogP contribution in [0.2, 0.25) is 0 Å². The Balaban J connectivity index is 1.56. The Labute approximate surface area is 176 Å². The average molecular weight is 386 g/mol. The van der Waals surface area contributed by atoms with Gasteiger partial charge in [0, 0.05) is 23.2 Å². The van der Waals surface area contributed by atoms with Gasteiger partial charge in [-0.25, -0.2) is 4.98 Å². The second kappa shape index (κ2) is 6.17. The maximum atomic E-state index is 4.69. The summed E-state index contributed by atoms with van der Waals surface area (Å²) in [6.45, 7) is 4.65. The summed E-state index contributed by atoms with van der Waals surface area (Å²) in [6.07, 6.45) is 4.05. The highest BCUT2D eigenvalue weighted by Gasteiger charge is 2.36. The molecule has 0 N–H and O–H groups in total. The molecule has 0 fully saturated rings. The minimum atomic E-state index is 0.0215. The fourth-order valence-electron chi connectivity index (χ4n) is 4.98. The van der Waals surface area contributed by atoms with Crippen molar-refractivity contribution in [1.29, 1.82) is 0 Å². The molecule has 3 aromatic carbocycles. The lowest BCUT2D eigenvalue weighted by molar-refractivity contribution is 0.661. The van der Waals surface area contributed by atoms with Gasteiger partial charge in [-0.1, -0.05) is 74.5 Å². The third-order valence-electron chi connectivity index (χ3n) is 6.51. The largest absolute Gasteiger partial charge is 0.301 e. The molecule has 2 nitrogen and oxygen atoms in total. The molecular formula is C28H22N2. The van der Waals surface area contributed by atoms with E-state index in [1.165, 1.54) is 44.3 Å². The molecule has 144 valence electrons. The summed E-state index contributed by atoms with van der Waals surface area (Å²) in [6, 6.07) is 30.3. The first kappa shape index (κ1) is 17.2. The van der Waals surface area contributed by atoms with Crippen LogP contribution in [0.1, 0.15) is 25.0 Å². The van der Waals surface area contributed by atoms with Crippen LogP contribution in [0.5, 0.6) is 0 Å². The molecule has 2 heteroatoms. The SMILES string of the molecule is CC1(C)c2ccccc2-c2c1ccc1c2ccn1-c1cc(-c2ccccc2)ccn1. The summed E-state index contributed by atoms with van der Waals surface area (Å²) in [7, 11) is 0. The number of nitrogens with zero attached hydrogens (tertiary/aromatic N) is 2. The lowest BCUT2D eigenvalue weighted by atomic mass is 9.82. The summed E-state index contributed by atoms with van der Waals surface area (Å²) >= 11 is 0. The van der Waals surface area contributed by atoms with E-state index in [9.17, 15) is 0 Å². The van der Waals surface area contributed by atoms with Crippen LogP contribution in [-0.4, -0.2) is 9.55 Å². The van der Waals surface area contributed by atoms with Gasteiger partial charge in [0.15, 0.2) is 0 Å². The number of hydrogen-bond donors (Lipinski definition) is 0. The van der Waals surface area contributed by atoms with E-state index in [4.69, 9.17) is 0 Å². The van der Waals surface area contributed by atoms with Crippen LogP contribution in [0.15, 0.2) is 97.3 Å². The molecule has 0 amide bonds. The summed E-state index contributed by atoms with van der Waals surface area (Å²) < 4.78 is 2.20. The van der Waals surface area contributed by atoms with Crippen LogP contribution >= 0.6 is 0 Å². The molecule has 6 rings (SSSR count). The highest BCUT2D eigenvalue weighted by atomic mass is 15.0. The van der Waals surface area contributed by atoms with Gasteiger partial charge in [0.2, 0.25) is 0 Å². The zero-order valence-corrected chi connectivity index (χ0v) is 17.1. The number of fused-ring (bicyclic) bond motifs is 5.